The average Bonchev–Trinajstić information content (AvgIpc) is 2.83. The van der Waals surface area contributed by atoms with E-state index in [9.17, 15) is 4.79 Å². The minimum Gasteiger partial charge on any atom is -1.00 e. The van der Waals surface area contributed by atoms with Crippen LogP contribution in [0.5, 0.6) is 0 Å². The average molecular weight is 261 g/mol. The molecule has 2 heterocycles. The number of likely N-dealkylation sites (tertiary alicyclic amines) is 1. The van der Waals surface area contributed by atoms with Gasteiger partial charge < -0.3 is 17.3 Å². The molecular weight excluding hydrogens is 244 g/mol. The molecule has 1 aromatic heterocycles. The van der Waals surface area contributed by atoms with Crippen molar-refractivity contribution in [2.45, 2.75) is 33.2 Å². The predicted octanol–water partition coefficient (Wildman–Crippen LogP) is -1.72. The molecule has 1 fully saturated rings. The zero-order valence-corrected chi connectivity index (χ0v) is 11.3. The summed E-state index contributed by atoms with van der Waals surface area (Å²) in [5, 5.41) is 0. The van der Waals surface area contributed by atoms with Gasteiger partial charge in [-0.3, -0.25) is 4.79 Å². The van der Waals surface area contributed by atoms with E-state index >= 15 is 0 Å². The highest BCUT2D eigenvalue weighted by Crippen LogP contribution is 2.10. The first-order valence-electron chi connectivity index (χ1n) is 5.40. The molecule has 90 valence electrons. The van der Waals surface area contributed by atoms with Crippen molar-refractivity contribution in [1.82, 2.24) is 4.90 Å². The van der Waals surface area contributed by atoms with Crippen molar-refractivity contribution in [2.75, 3.05) is 13.1 Å². The zero-order valence-electron chi connectivity index (χ0n) is 9.70. The number of aromatic nitrogens is 1. The van der Waals surface area contributed by atoms with Gasteiger partial charge in [-0.2, -0.15) is 4.57 Å². The molecule has 3 nitrogen and oxygen atoms in total. The van der Waals surface area contributed by atoms with Crippen LogP contribution in [0.1, 0.15) is 23.4 Å². The lowest BCUT2D eigenvalue weighted by Crippen LogP contribution is -3.00. The van der Waals surface area contributed by atoms with Crippen LogP contribution in [-0.4, -0.2) is 23.9 Å². The second-order valence-electron chi connectivity index (χ2n) is 4.08. The number of hydrogen-bond acceptors (Lipinski definition) is 2. The van der Waals surface area contributed by atoms with Crippen LogP contribution in [0.25, 0.3) is 0 Å². The molecule has 0 spiro atoms. The molecule has 0 unspecified atom stereocenters. The standard InChI is InChI=1S/C11H17N2OS.ClH/c1-9-10(2)15-8-13(9)7-11(14)12-5-3-4-6-12;/h8H,3-7H2,1-2H3;1H/q+1;/p-1. The van der Waals surface area contributed by atoms with Crippen LogP contribution in [0, 0.1) is 13.8 Å². The van der Waals surface area contributed by atoms with Gasteiger partial charge >= 0.3 is 0 Å². The maximum absolute atomic E-state index is 11.9. The quantitative estimate of drug-likeness (QED) is 0.581. The summed E-state index contributed by atoms with van der Waals surface area (Å²) in [5.41, 5.74) is 3.26. The first-order valence-corrected chi connectivity index (χ1v) is 6.28. The minimum absolute atomic E-state index is 0. The Hall–Kier alpha value is -0.610. The fraction of sp³-hybridized carbons (Fsp3) is 0.636. The van der Waals surface area contributed by atoms with Gasteiger partial charge in [-0.25, -0.2) is 0 Å². The van der Waals surface area contributed by atoms with Crippen molar-refractivity contribution < 1.29 is 21.8 Å². The van der Waals surface area contributed by atoms with E-state index < -0.39 is 0 Å². The van der Waals surface area contributed by atoms with Gasteiger partial charge in [-0.1, -0.05) is 11.3 Å². The van der Waals surface area contributed by atoms with Crippen molar-refractivity contribution in [2.24, 2.45) is 0 Å². The lowest BCUT2D eigenvalue weighted by Gasteiger charge is -2.12. The van der Waals surface area contributed by atoms with Gasteiger partial charge in [-0.15, -0.1) is 0 Å². The first kappa shape index (κ1) is 13.5. The minimum atomic E-state index is 0. The molecule has 16 heavy (non-hydrogen) atoms. The Morgan fingerprint density at radius 3 is 2.56 bits per heavy atom. The summed E-state index contributed by atoms with van der Waals surface area (Å²) < 4.78 is 2.06. The molecule has 1 aliphatic heterocycles. The van der Waals surface area contributed by atoms with Crippen LogP contribution in [0.4, 0.5) is 0 Å². The van der Waals surface area contributed by atoms with Crippen LogP contribution in [0.15, 0.2) is 5.51 Å². The predicted molar refractivity (Wildman–Crippen MR) is 59.8 cm³/mol. The summed E-state index contributed by atoms with van der Waals surface area (Å²) in [4.78, 5) is 15.2. The molecule has 0 bridgehead atoms. The van der Waals surface area contributed by atoms with Crippen molar-refractivity contribution in [3.63, 3.8) is 0 Å². The highest BCUT2D eigenvalue weighted by Gasteiger charge is 2.23. The Balaban J connectivity index is 0.00000128. The molecule has 1 aliphatic rings. The van der Waals surface area contributed by atoms with Crippen molar-refractivity contribution in [3.8, 4) is 0 Å². The second-order valence-corrected chi connectivity index (χ2v) is 5.14. The number of carbonyl (C=O) groups excluding carboxylic acids is 1. The van der Waals surface area contributed by atoms with Crippen LogP contribution >= 0.6 is 11.3 Å². The molecule has 1 aromatic rings. The van der Waals surface area contributed by atoms with E-state index in [1.807, 2.05) is 10.4 Å². The Morgan fingerprint density at radius 2 is 2.06 bits per heavy atom. The van der Waals surface area contributed by atoms with Gasteiger partial charge in [0.15, 0.2) is 5.69 Å². The summed E-state index contributed by atoms with van der Waals surface area (Å²) >= 11 is 1.71. The van der Waals surface area contributed by atoms with Gasteiger partial charge in [0.2, 0.25) is 12.1 Å². The fourth-order valence-electron chi connectivity index (χ4n) is 1.88. The number of hydrogen-bond donors (Lipinski definition) is 0. The van der Waals surface area contributed by atoms with Gasteiger partial charge in [0.25, 0.3) is 5.91 Å². The summed E-state index contributed by atoms with van der Waals surface area (Å²) in [7, 11) is 0. The second kappa shape index (κ2) is 5.64. The maximum Gasteiger partial charge on any atom is 0.288 e. The molecule has 1 saturated heterocycles. The molecular formula is C11H17ClN2OS. The Bertz CT molecular complexity index is 372. The van der Waals surface area contributed by atoms with Gasteiger partial charge in [0.1, 0.15) is 0 Å². The number of aryl methyl sites for hydroxylation is 1. The molecule has 5 heteroatoms. The largest absolute Gasteiger partial charge is 1.00 e. The van der Waals surface area contributed by atoms with Crippen LogP contribution in [0.2, 0.25) is 0 Å². The van der Waals surface area contributed by atoms with Crippen molar-refractivity contribution >= 4 is 17.2 Å². The van der Waals surface area contributed by atoms with E-state index in [-0.39, 0.29) is 18.3 Å². The van der Waals surface area contributed by atoms with E-state index in [1.165, 1.54) is 10.6 Å². The summed E-state index contributed by atoms with van der Waals surface area (Å²) in [6.45, 7) is 6.57. The Kier molecular flexibility index (Phi) is 4.74. The van der Waals surface area contributed by atoms with Crippen LogP contribution < -0.4 is 17.0 Å². The molecule has 1 amide bonds. The number of thiazole rings is 1. The molecule has 0 atom stereocenters. The number of carbonyl (C=O) groups is 1. The lowest BCUT2D eigenvalue weighted by molar-refractivity contribution is -0.686. The van der Waals surface area contributed by atoms with E-state index in [4.69, 9.17) is 0 Å². The van der Waals surface area contributed by atoms with Gasteiger partial charge in [0, 0.05) is 20.0 Å². The maximum atomic E-state index is 11.9. The number of amides is 1. The lowest BCUT2D eigenvalue weighted by atomic mass is 10.4. The molecule has 0 aliphatic carbocycles. The molecule has 0 radical (unpaired) electrons. The van der Waals surface area contributed by atoms with Crippen LogP contribution in [0.3, 0.4) is 0 Å². The summed E-state index contributed by atoms with van der Waals surface area (Å²) in [6.07, 6.45) is 2.33. The Morgan fingerprint density at radius 1 is 1.44 bits per heavy atom. The normalized spacial score (nSPS) is 15.0. The van der Waals surface area contributed by atoms with E-state index in [2.05, 4.69) is 18.4 Å². The van der Waals surface area contributed by atoms with Crippen molar-refractivity contribution in [1.29, 1.82) is 0 Å². The summed E-state index contributed by atoms with van der Waals surface area (Å²) in [6, 6.07) is 0. The molecule has 0 aromatic carbocycles. The third-order valence-electron chi connectivity index (χ3n) is 3.06. The molecule has 0 saturated carbocycles. The SMILES string of the molecule is Cc1sc[n+](CC(=O)N2CCCC2)c1C.[Cl-]. The smallest absolute Gasteiger partial charge is 0.288 e. The monoisotopic (exact) mass is 260 g/mol. The van der Waals surface area contributed by atoms with E-state index in [1.54, 1.807) is 11.3 Å². The molecule has 0 N–H and O–H groups in total. The van der Waals surface area contributed by atoms with Gasteiger partial charge in [-0.05, 0) is 19.8 Å². The topological polar surface area (TPSA) is 24.2 Å². The zero-order chi connectivity index (χ0) is 10.8. The third-order valence-corrected chi connectivity index (χ3v) is 4.07. The van der Waals surface area contributed by atoms with E-state index in [0.29, 0.717) is 6.54 Å². The number of halogens is 1. The van der Waals surface area contributed by atoms with Crippen LogP contribution in [-0.2, 0) is 11.3 Å². The highest BCUT2D eigenvalue weighted by atomic mass is 35.5. The molecule has 2 rings (SSSR count). The number of rotatable bonds is 2. The first-order chi connectivity index (χ1) is 7.18. The Labute approximate surface area is 106 Å². The summed E-state index contributed by atoms with van der Waals surface area (Å²) in [5.74, 6) is 0.262. The third kappa shape index (κ3) is 2.74. The fourth-order valence-corrected chi connectivity index (χ4v) is 2.68. The number of nitrogens with zero attached hydrogens (tertiary/aromatic N) is 2. The van der Waals surface area contributed by atoms with E-state index in [0.717, 1.165) is 25.9 Å². The van der Waals surface area contributed by atoms with Crippen molar-refractivity contribution in [3.05, 3.63) is 16.1 Å². The highest BCUT2D eigenvalue weighted by molar-refractivity contribution is 7.09. The van der Waals surface area contributed by atoms with Gasteiger partial charge in [0.05, 0.1) is 4.88 Å².